The first-order valence-corrected chi connectivity index (χ1v) is 11.4. The van der Waals surface area contributed by atoms with Gasteiger partial charge in [0, 0.05) is 39.3 Å². The number of amides is 1. The number of aromatic nitrogens is 2. The van der Waals surface area contributed by atoms with E-state index in [9.17, 15) is 4.79 Å². The third-order valence-corrected chi connectivity index (χ3v) is 6.87. The van der Waals surface area contributed by atoms with Gasteiger partial charge in [0.25, 0.3) is 0 Å². The van der Waals surface area contributed by atoms with Crippen LogP contribution in [0.25, 0.3) is 11.3 Å². The van der Waals surface area contributed by atoms with E-state index in [4.69, 9.17) is 0 Å². The predicted molar refractivity (Wildman–Crippen MR) is 122 cm³/mol. The molecule has 0 spiro atoms. The van der Waals surface area contributed by atoms with Gasteiger partial charge in [-0.25, -0.2) is 4.98 Å². The lowest BCUT2D eigenvalue weighted by Crippen LogP contribution is -2.49. The Kier molecular flexibility index (Phi) is 6.55. The number of nitrogens with zero attached hydrogens (tertiary/aromatic N) is 4. The molecule has 1 fully saturated rings. The molecular formula is C24H28N4OS. The highest BCUT2D eigenvalue weighted by atomic mass is 32.2. The van der Waals surface area contributed by atoms with Crippen LogP contribution in [0.1, 0.15) is 18.5 Å². The maximum Gasteiger partial charge on any atom is 0.233 e. The lowest BCUT2D eigenvalue weighted by atomic mass is 10.1. The van der Waals surface area contributed by atoms with Gasteiger partial charge >= 0.3 is 0 Å². The lowest BCUT2D eigenvalue weighted by molar-refractivity contribution is -0.130. The van der Waals surface area contributed by atoms with Crippen molar-refractivity contribution in [1.82, 2.24) is 19.4 Å². The van der Waals surface area contributed by atoms with Gasteiger partial charge in [-0.3, -0.25) is 9.69 Å². The minimum absolute atomic E-state index is 0.191. The highest BCUT2D eigenvalue weighted by Gasteiger charge is 2.25. The molecule has 1 atom stereocenters. The molecule has 1 aromatic heterocycles. The van der Waals surface area contributed by atoms with Crippen molar-refractivity contribution in [1.29, 1.82) is 0 Å². The highest BCUT2D eigenvalue weighted by Crippen LogP contribution is 2.25. The fourth-order valence-corrected chi connectivity index (χ4v) is 4.78. The van der Waals surface area contributed by atoms with E-state index < -0.39 is 0 Å². The van der Waals surface area contributed by atoms with Crippen LogP contribution in [-0.4, -0.2) is 57.2 Å². The van der Waals surface area contributed by atoms with E-state index in [1.165, 1.54) is 17.3 Å². The Labute approximate surface area is 182 Å². The molecule has 4 rings (SSSR count). The van der Waals surface area contributed by atoms with Gasteiger partial charge < -0.3 is 9.47 Å². The van der Waals surface area contributed by atoms with E-state index in [0.717, 1.165) is 42.6 Å². The number of benzene rings is 2. The third kappa shape index (κ3) is 4.60. The Bertz CT molecular complexity index is 965. The van der Waals surface area contributed by atoms with Crippen molar-refractivity contribution in [3.8, 4) is 11.3 Å². The molecule has 0 saturated carbocycles. The average molecular weight is 421 g/mol. The summed E-state index contributed by atoms with van der Waals surface area (Å²) in [6.07, 6.45) is 1.88. The van der Waals surface area contributed by atoms with Crippen LogP contribution < -0.4 is 0 Å². The van der Waals surface area contributed by atoms with Crippen LogP contribution in [0.2, 0.25) is 0 Å². The summed E-state index contributed by atoms with van der Waals surface area (Å²) in [7, 11) is 2.01. The van der Waals surface area contributed by atoms with Crippen molar-refractivity contribution in [2.45, 2.75) is 18.1 Å². The zero-order valence-electron chi connectivity index (χ0n) is 17.6. The van der Waals surface area contributed by atoms with Crippen molar-refractivity contribution in [2.24, 2.45) is 7.05 Å². The van der Waals surface area contributed by atoms with Gasteiger partial charge in [0.15, 0.2) is 5.16 Å². The fraction of sp³-hybridized carbons (Fsp3) is 0.333. The number of rotatable bonds is 6. The van der Waals surface area contributed by atoms with Gasteiger partial charge in [-0.1, -0.05) is 72.4 Å². The van der Waals surface area contributed by atoms with Crippen LogP contribution in [-0.2, 0) is 11.8 Å². The Morgan fingerprint density at radius 1 is 1.00 bits per heavy atom. The van der Waals surface area contributed by atoms with Gasteiger partial charge in [0.2, 0.25) is 5.91 Å². The zero-order valence-corrected chi connectivity index (χ0v) is 18.4. The van der Waals surface area contributed by atoms with E-state index in [2.05, 4.69) is 63.8 Å². The molecule has 0 aliphatic carbocycles. The summed E-state index contributed by atoms with van der Waals surface area (Å²) in [5.41, 5.74) is 3.53. The molecule has 1 saturated heterocycles. The minimum Gasteiger partial charge on any atom is -0.339 e. The van der Waals surface area contributed by atoms with Gasteiger partial charge in [-0.05, 0) is 18.1 Å². The SMILES string of the molecule is C[C@@H](c1ccccc1)N1CCN(C(=O)CSc2ncc(-c3ccccc3)n2C)CC1. The Morgan fingerprint density at radius 3 is 2.30 bits per heavy atom. The Balaban J connectivity index is 1.29. The van der Waals surface area contributed by atoms with E-state index in [1.807, 2.05) is 36.3 Å². The maximum atomic E-state index is 12.8. The number of hydrogen-bond donors (Lipinski definition) is 0. The molecule has 2 aromatic carbocycles. The van der Waals surface area contributed by atoms with Crippen LogP contribution in [0.15, 0.2) is 72.0 Å². The molecule has 30 heavy (non-hydrogen) atoms. The standard InChI is InChI=1S/C24H28N4OS/c1-19(20-9-5-3-6-10-20)27-13-15-28(16-14-27)23(29)18-30-24-25-17-22(26(24)2)21-11-7-4-8-12-21/h3-12,17,19H,13-16,18H2,1-2H3/t19-/m0/s1. The topological polar surface area (TPSA) is 41.4 Å². The molecule has 1 amide bonds. The van der Waals surface area contributed by atoms with Crippen molar-refractivity contribution < 1.29 is 4.79 Å². The molecule has 0 unspecified atom stereocenters. The molecule has 156 valence electrons. The Morgan fingerprint density at radius 2 is 1.63 bits per heavy atom. The van der Waals surface area contributed by atoms with Gasteiger partial charge in [0.1, 0.15) is 0 Å². The van der Waals surface area contributed by atoms with E-state index in [1.54, 1.807) is 0 Å². The molecule has 0 bridgehead atoms. The van der Waals surface area contributed by atoms with Gasteiger partial charge in [0.05, 0.1) is 17.6 Å². The molecule has 3 aromatic rings. The Hall–Kier alpha value is -2.57. The fourth-order valence-electron chi connectivity index (χ4n) is 3.92. The number of thioether (sulfide) groups is 1. The third-order valence-electron chi connectivity index (χ3n) is 5.84. The normalized spacial score (nSPS) is 15.9. The van der Waals surface area contributed by atoms with Gasteiger partial charge in [-0.2, -0.15) is 0 Å². The first-order valence-electron chi connectivity index (χ1n) is 10.4. The molecule has 0 radical (unpaired) electrons. The summed E-state index contributed by atoms with van der Waals surface area (Å²) >= 11 is 1.52. The van der Waals surface area contributed by atoms with Crippen LogP contribution in [0, 0.1) is 0 Å². The quantitative estimate of drug-likeness (QED) is 0.564. The smallest absolute Gasteiger partial charge is 0.233 e. The molecule has 6 heteroatoms. The second kappa shape index (κ2) is 9.49. The second-order valence-corrected chi connectivity index (χ2v) is 8.59. The first kappa shape index (κ1) is 20.7. The summed E-state index contributed by atoms with van der Waals surface area (Å²) in [6.45, 7) is 5.63. The van der Waals surface area contributed by atoms with Crippen molar-refractivity contribution in [3.63, 3.8) is 0 Å². The number of carbonyl (C=O) groups is 1. The van der Waals surface area contributed by atoms with Crippen molar-refractivity contribution in [2.75, 3.05) is 31.9 Å². The van der Waals surface area contributed by atoms with Crippen LogP contribution in [0.5, 0.6) is 0 Å². The number of hydrogen-bond acceptors (Lipinski definition) is 4. The highest BCUT2D eigenvalue weighted by molar-refractivity contribution is 7.99. The average Bonchev–Trinajstić information content (AvgIpc) is 3.18. The number of carbonyl (C=O) groups excluding carboxylic acids is 1. The molecule has 5 nitrogen and oxygen atoms in total. The largest absolute Gasteiger partial charge is 0.339 e. The van der Waals surface area contributed by atoms with E-state index >= 15 is 0 Å². The van der Waals surface area contributed by atoms with Crippen molar-refractivity contribution in [3.05, 3.63) is 72.4 Å². The van der Waals surface area contributed by atoms with Crippen LogP contribution >= 0.6 is 11.8 Å². The van der Waals surface area contributed by atoms with Crippen molar-refractivity contribution >= 4 is 17.7 Å². The van der Waals surface area contributed by atoms with E-state index in [0.29, 0.717) is 11.8 Å². The van der Waals surface area contributed by atoms with Crippen LogP contribution in [0.3, 0.4) is 0 Å². The summed E-state index contributed by atoms with van der Waals surface area (Å²) in [6, 6.07) is 21.2. The summed E-state index contributed by atoms with van der Waals surface area (Å²) < 4.78 is 2.06. The molecular weight excluding hydrogens is 392 g/mol. The predicted octanol–water partition coefficient (Wildman–Crippen LogP) is 4.08. The number of imidazole rings is 1. The molecule has 0 N–H and O–H groups in total. The monoisotopic (exact) mass is 420 g/mol. The number of piperazine rings is 1. The summed E-state index contributed by atoms with van der Waals surface area (Å²) in [5, 5.41) is 0.874. The van der Waals surface area contributed by atoms with Crippen LogP contribution in [0.4, 0.5) is 0 Å². The van der Waals surface area contributed by atoms with Gasteiger partial charge in [-0.15, -0.1) is 0 Å². The summed E-state index contributed by atoms with van der Waals surface area (Å²) in [5.74, 6) is 0.615. The minimum atomic E-state index is 0.191. The second-order valence-electron chi connectivity index (χ2n) is 7.64. The molecule has 2 heterocycles. The zero-order chi connectivity index (χ0) is 20.9. The lowest BCUT2D eigenvalue weighted by Gasteiger charge is -2.38. The maximum absolute atomic E-state index is 12.8. The molecule has 1 aliphatic rings. The first-order chi connectivity index (χ1) is 14.6. The van der Waals surface area contributed by atoms with E-state index in [-0.39, 0.29) is 5.91 Å². The summed E-state index contributed by atoms with van der Waals surface area (Å²) in [4.78, 5) is 21.7. The molecule has 1 aliphatic heterocycles.